The predicted octanol–water partition coefficient (Wildman–Crippen LogP) is -1.46. The summed E-state index contributed by atoms with van der Waals surface area (Å²) in [5.41, 5.74) is 6.99. The number of carboxylic acid groups (broad SMARTS) is 2. The molecule has 0 unspecified atom stereocenters. The summed E-state index contributed by atoms with van der Waals surface area (Å²) in [5, 5.41) is 17.1. The first-order chi connectivity index (χ1) is 7.45. The Bertz CT molecular complexity index is 216. The molecule has 0 aromatic carbocycles. The third kappa shape index (κ3) is 7.80. The number of hydrogen-bond acceptors (Lipinski definition) is 4. The lowest BCUT2D eigenvalue weighted by Crippen LogP contribution is -2.65. The van der Waals surface area contributed by atoms with Gasteiger partial charge in [0.05, 0.1) is 0 Å². The van der Waals surface area contributed by atoms with E-state index in [1.54, 1.807) is 21.6 Å². The maximum Gasteiger partial charge on any atom is 0.362 e. The maximum absolute atomic E-state index is 10.4. The molecule has 0 spiro atoms. The molecule has 2 atom stereocenters. The van der Waals surface area contributed by atoms with Crippen molar-refractivity contribution in [3.63, 3.8) is 0 Å². The molecule has 0 radical (unpaired) electrons. The Balaban J connectivity index is 3.34. The third-order valence-corrected chi connectivity index (χ3v) is 4.35. The minimum absolute atomic E-state index is 0.528. The van der Waals surface area contributed by atoms with Crippen molar-refractivity contribution in [3.05, 3.63) is 0 Å². The van der Waals surface area contributed by atoms with Crippen molar-refractivity contribution >= 4 is 33.5 Å². The zero-order chi connectivity index (χ0) is 12.6. The monoisotopic (exact) mass is 270 g/mol. The highest BCUT2D eigenvalue weighted by Gasteiger charge is 2.16. The van der Waals surface area contributed by atoms with Crippen molar-refractivity contribution in [1.82, 2.24) is 0 Å². The van der Waals surface area contributed by atoms with Crippen LogP contribution in [0.5, 0.6) is 0 Å². The fraction of sp³-hybridized carbons (Fsp3) is 0.750. The Morgan fingerprint density at radius 2 is 1.25 bits per heavy atom. The van der Waals surface area contributed by atoms with Crippen molar-refractivity contribution in [2.75, 3.05) is 11.5 Å². The zero-order valence-electron chi connectivity index (χ0n) is 8.92. The second kappa shape index (κ2) is 8.68. The lowest BCUT2D eigenvalue weighted by Gasteiger charge is -2.04. The molecule has 0 aliphatic heterocycles. The van der Waals surface area contributed by atoms with E-state index in [0.717, 1.165) is 0 Å². The molecule has 0 amide bonds. The summed E-state index contributed by atoms with van der Waals surface area (Å²) >= 11 is 0. The van der Waals surface area contributed by atoms with Crippen molar-refractivity contribution in [2.45, 2.75) is 24.9 Å². The Morgan fingerprint density at radius 3 is 1.50 bits per heavy atom. The van der Waals surface area contributed by atoms with E-state index in [4.69, 9.17) is 10.2 Å². The number of rotatable bonds is 9. The van der Waals surface area contributed by atoms with E-state index in [2.05, 4.69) is 11.5 Å². The second-order valence-corrected chi connectivity index (χ2v) is 5.99. The summed E-state index contributed by atoms with van der Waals surface area (Å²) < 4.78 is 0. The average molecular weight is 270 g/mol. The summed E-state index contributed by atoms with van der Waals surface area (Å²) in [6.07, 6.45) is 1.06. The Morgan fingerprint density at radius 1 is 0.938 bits per heavy atom. The van der Waals surface area contributed by atoms with Gasteiger partial charge in [-0.25, -0.2) is 9.59 Å². The van der Waals surface area contributed by atoms with Crippen LogP contribution in [0.1, 0.15) is 12.8 Å². The third-order valence-electron chi connectivity index (χ3n) is 1.88. The Hall–Kier alpha value is -0.440. The average Bonchev–Trinajstić information content (AvgIpc) is 2.21. The van der Waals surface area contributed by atoms with Gasteiger partial charge in [-0.15, -0.1) is 0 Å². The summed E-state index contributed by atoms with van der Waals surface area (Å²) in [6, 6.07) is -1.12. The van der Waals surface area contributed by atoms with Gasteiger partial charge in [0.15, 0.2) is 12.1 Å². The second-order valence-electron chi connectivity index (χ2n) is 3.29. The standard InChI is InChI=1S/C8H16N2O4S2/c9-5(7(11)12)1-3-15-16-4-2-6(10)8(13)14/h5-6H,1-4,9-10H2,(H,11,12)(H,13,14)/p+2/t5-,6-/m0/s1. The van der Waals surface area contributed by atoms with Gasteiger partial charge in [-0.3, -0.25) is 0 Å². The van der Waals surface area contributed by atoms with Crippen LogP contribution < -0.4 is 11.5 Å². The molecule has 8 N–H and O–H groups in total. The molecule has 0 heterocycles. The van der Waals surface area contributed by atoms with Gasteiger partial charge in [-0.1, -0.05) is 21.6 Å². The van der Waals surface area contributed by atoms with Crippen LogP contribution in [0.25, 0.3) is 0 Å². The molecule has 0 bridgehead atoms. The lowest BCUT2D eigenvalue weighted by molar-refractivity contribution is -0.408. The molecular formula is C8H18N2O4S2+2. The van der Waals surface area contributed by atoms with E-state index < -0.39 is 24.0 Å². The van der Waals surface area contributed by atoms with Gasteiger partial charge < -0.3 is 21.7 Å². The first-order valence-corrected chi connectivity index (χ1v) is 7.30. The fourth-order valence-electron chi connectivity index (χ4n) is 0.746. The summed E-state index contributed by atoms with van der Waals surface area (Å²) in [6.45, 7) is 0. The molecular weight excluding hydrogens is 252 g/mol. The van der Waals surface area contributed by atoms with Crippen molar-refractivity contribution in [3.8, 4) is 0 Å². The van der Waals surface area contributed by atoms with E-state index in [-0.39, 0.29) is 0 Å². The van der Waals surface area contributed by atoms with Gasteiger partial charge in [0.2, 0.25) is 0 Å². The normalized spacial score (nSPS) is 14.4. The van der Waals surface area contributed by atoms with Crippen LogP contribution >= 0.6 is 21.6 Å². The first kappa shape index (κ1) is 15.6. The largest absolute Gasteiger partial charge is 0.477 e. The van der Waals surface area contributed by atoms with Gasteiger partial charge in [0.1, 0.15) is 0 Å². The van der Waals surface area contributed by atoms with E-state index in [0.29, 0.717) is 24.3 Å². The van der Waals surface area contributed by atoms with E-state index in [1.165, 1.54) is 0 Å². The van der Waals surface area contributed by atoms with E-state index in [1.807, 2.05) is 0 Å². The molecule has 0 aliphatic carbocycles. The quantitative estimate of drug-likeness (QED) is 0.299. The molecule has 6 nitrogen and oxygen atoms in total. The van der Waals surface area contributed by atoms with Crippen LogP contribution in [0, 0.1) is 0 Å². The number of quaternary nitrogens is 2. The molecule has 0 aliphatic rings. The van der Waals surface area contributed by atoms with Gasteiger partial charge in [-0.05, 0) is 0 Å². The van der Waals surface area contributed by atoms with Crippen LogP contribution in [-0.4, -0.2) is 45.7 Å². The minimum Gasteiger partial charge on any atom is -0.477 e. The van der Waals surface area contributed by atoms with Crippen LogP contribution in [-0.2, 0) is 9.59 Å². The molecule has 0 aromatic heterocycles. The number of hydrogen-bond donors (Lipinski definition) is 4. The van der Waals surface area contributed by atoms with Crippen molar-refractivity contribution < 1.29 is 31.3 Å². The number of carboxylic acids is 2. The van der Waals surface area contributed by atoms with Crippen molar-refractivity contribution in [1.29, 1.82) is 0 Å². The van der Waals surface area contributed by atoms with E-state index in [9.17, 15) is 9.59 Å². The fourth-order valence-corrected chi connectivity index (χ4v) is 3.03. The molecule has 16 heavy (non-hydrogen) atoms. The summed E-state index contributed by atoms with van der Waals surface area (Å²) in [5.74, 6) is -0.344. The predicted molar refractivity (Wildman–Crippen MR) is 62.8 cm³/mol. The highest BCUT2D eigenvalue weighted by atomic mass is 33.1. The molecule has 0 fully saturated rings. The first-order valence-electron chi connectivity index (χ1n) is 4.81. The molecule has 8 heteroatoms. The van der Waals surface area contributed by atoms with Crippen molar-refractivity contribution in [2.24, 2.45) is 0 Å². The highest BCUT2D eigenvalue weighted by molar-refractivity contribution is 8.76. The molecule has 0 saturated carbocycles. The topological polar surface area (TPSA) is 130 Å². The zero-order valence-corrected chi connectivity index (χ0v) is 10.6. The Kier molecular flexibility index (Phi) is 8.44. The van der Waals surface area contributed by atoms with E-state index >= 15 is 0 Å². The van der Waals surface area contributed by atoms with Gasteiger partial charge >= 0.3 is 11.9 Å². The Labute approximate surface area is 102 Å². The molecule has 94 valence electrons. The SMILES string of the molecule is [NH3+][C@@H](CCSSCC[C@H]([NH3+])C(=O)O)C(=O)O. The van der Waals surface area contributed by atoms with Crippen LogP contribution in [0.4, 0.5) is 0 Å². The smallest absolute Gasteiger partial charge is 0.362 e. The lowest BCUT2D eigenvalue weighted by atomic mass is 10.2. The number of aliphatic carboxylic acids is 2. The van der Waals surface area contributed by atoms with Crippen LogP contribution in [0.2, 0.25) is 0 Å². The maximum atomic E-state index is 10.4. The highest BCUT2D eigenvalue weighted by Crippen LogP contribution is 2.23. The van der Waals surface area contributed by atoms with Gasteiger partial charge in [0, 0.05) is 24.3 Å². The molecule has 0 rings (SSSR count). The van der Waals surface area contributed by atoms with Crippen LogP contribution in [0.15, 0.2) is 0 Å². The molecule has 0 saturated heterocycles. The summed E-state index contributed by atoms with van der Waals surface area (Å²) in [7, 11) is 3.09. The van der Waals surface area contributed by atoms with Gasteiger partial charge in [-0.2, -0.15) is 0 Å². The number of carbonyl (C=O) groups is 2. The molecule has 0 aromatic rings. The minimum atomic E-state index is -0.880. The van der Waals surface area contributed by atoms with Gasteiger partial charge in [0.25, 0.3) is 0 Å². The summed E-state index contributed by atoms with van der Waals surface area (Å²) in [4.78, 5) is 20.9. The van der Waals surface area contributed by atoms with Crippen LogP contribution in [0.3, 0.4) is 0 Å².